The highest BCUT2D eigenvalue weighted by Gasteiger charge is 2.21. The van der Waals surface area contributed by atoms with Gasteiger partial charge in [0.15, 0.2) is 0 Å². The lowest BCUT2D eigenvalue weighted by molar-refractivity contribution is 0.0410. The number of anilines is 1. The van der Waals surface area contributed by atoms with Gasteiger partial charge in [-0.05, 0) is 29.8 Å². The Kier molecular flexibility index (Phi) is 4.36. The average molecular weight is 284 g/mol. The molecule has 0 radical (unpaired) electrons. The van der Waals surface area contributed by atoms with E-state index in [4.69, 9.17) is 9.47 Å². The molecule has 1 saturated heterocycles. The third-order valence-corrected chi connectivity index (χ3v) is 3.77. The molecular formula is C17H20N2O2. The van der Waals surface area contributed by atoms with Crippen molar-refractivity contribution in [1.82, 2.24) is 4.98 Å². The molecular weight excluding hydrogens is 264 g/mol. The molecule has 1 aliphatic heterocycles. The predicted octanol–water partition coefficient (Wildman–Crippen LogP) is 2.54. The zero-order valence-corrected chi connectivity index (χ0v) is 12.2. The van der Waals surface area contributed by atoms with Gasteiger partial charge in [-0.15, -0.1) is 0 Å². The maximum Gasteiger partial charge on any atom is 0.118 e. The van der Waals surface area contributed by atoms with Crippen LogP contribution in [0.25, 0.3) is 0 Å². The van der Waals surface area contributed by atoms with E-state index in [1.165, 1.54) is 11.3 Å². The number of hydrogen-bond acceptors (Lipinski definition) is 4. The number of rotatable bonds is 4. The van der Waals surface area contributed by atoms with E-state index in [9.17, 15) is 0 Å². The van der Waals surface area contributed by atoms with E-state index in [2.05, 4.69) is 28.1 Å². The van der Waals surface area contributed by atoms with Crippen LogP contribution in [0.15, 0.2) is 48.8 Å². The minimum atomic E-state index is 0.215. The molecule has 110 valence electrons. The lowest BCUT2D eigenvalue weighted by Gasteiger charge is -2.34. The van der Waals surface area contributed by atoms with Gasteiger partial charge in [-0.2, -0.15) is 0 Å². The molecule has 0 bridgehead atoms. The first-order valence-electron chi connectivity index (χ1n) is 7.24. The Hall–Kier alpha value is -2.07. The molecule has 1 aliphatic rings. The van der Waals surface area contributed by atoms with Crippen molar-refractivity contribution in [3.8, 4) is 5.75 Å². The first kappa shape index (κ1) is 13.9. The zero-order valence-electron chi connectivity index (χ0n) is 12.2. The standard InChI is InChI=1S/C17H20N2O2/c1-20-16-6-4-14(5-7-16)11-17-13-19(9-10-21-17)15-3-2-8-18-12-15/h2-8,12,17H,9-11,13H2,1H3. The molecule has 21 heavy (non-hydrogen) atoms. The predicted molar refractivity (Wildman–Crippen MR) is 82.9 cm³/mol. The van der Waals surface area contributed by atoms with Crippen LogP contribution in [-0.2, 0) is 11.2 Å². The van der Waals surface area contributed by atoms with E-state index in [-0.39, 0.29) is 6.10 Å². The number of ether oxygens (including phenoxy) is 2. The summed E-state index contributed by atoms with van der Waals surface area (Å²) in [6.45, 7) is 2.58. The van der Waals surface area contributed by atoms with Crippen LogP contribution < -0.4 is 9.64 Å². The van der Waals surface area contributed by atoms with Crippen molar-refractivity contribution in [2.24, 2.45) is 0 Å². The van der Waals surface area contributed by atoms with Crippen LogP contribution in [0.1, 0.15) is 5.56 Å². The van der Waals surface area contributed by atoms with E-state index in [1.54, 1.807) is 13.3 Å². The number of methoxy groups -OCH3 is 1. The van der Waals surface area contributed by atoms with Gasteiger partial charge in [0.2, 0.25) is 0 Å². The third kappa shape index (κ3) is 3.52. The van der Waals surface area contributed by atoms with Crippen LogP contribution in [-0.4, -0.2) is 37.9 Å². The molecule has 3 rings (SSSR count). The van der Waals surface area contributed by atoms with Crippen molar-refractivity contribution in [2.45, 2.75) is 12.5 Å². The van der Waals surface area contributed by atoms with Crippen molar-refractivity contribution in [2.75, 3.05) is 31.7 Å². The van der Waals surface area contributed by atoms with E-state index < -0.39 is 0 Å². The Morgan fingerprint density at radius 2 is 2.14 bits per heavy atom. The van der Waals surface area contributed by atoms with Gasteiger partial charge in [0, 0.05) is 25.7 Å². The van der Waals surface area contributed by atoms with Gasteiger partial charge in [0.1, 0.15) is 5.75 Å². The Morgan fingerprint density at radius 1 is 1.29 bits per heavy atom. The molecule has 2 heterocycles. The molecule has 0 amide bonds. The van der Waals surface area contributed by atoms with Gasteiger partial charge in [-0.1, -0.05) is 12.1 Å². The van der Waals surface area contributed by atoms with Crippen LogP contribution >= 0.6 is 0 Å². The van der Waals surface area contributed by atoms with Crippen molar-refractivity contribution in [3.63, 3.8) is 0 Å². The van der Waals surface area contributed by atoms with Crippen LogP contribution in [0.2, 0.25) is 0 Å². The fourth-order valence-electron chi connectivity index (χ4n) is 2.64. The van der Waals surface area contributed by atoms with E-state index in [0.29, 0.717) is 0 Å². The molecule has 4 nitrogen and oxygen atoms in total. The molecule has 1 fully saturated rings. The summed E-state index contributed by atoms with van der Waals surface area (Å²) in [5.74, 6) is 0.889. The molecule has 1 atom stereocenters. The molecule has 0 N–H and O–H groups in total. The Morgan fingerprint density at radius 3 is 2.86 bits per heavy atom. The van der Waals surface area contributed by atoms with Crippen molar-refractivity contribution < 1.29 is 9.47 Å². The van der Waals surface area contributed by atoms with Crippen LogP contribution in [0.3, 0.4) is 0 Å². The smallest absolute Gasteiger partial charge is 0.118 e. The number of benzene rings is 1. The Bertz CT molecular complexity index is 557. The minimum Gasteiger partial charge on any atom is -0.497 e. The van der Waals surface area contributed by atoms with Gasteiger partial charge < -0.3 is 14.4 Å². The third-order valence-electron chi connectivity index (χ3n) is 3.77. The fraction of sp³-hybridized carbons (Fsp3) is 0.353. The molecule has 4 heteroatoms. The number of hydrogen-bond donors (Lipinski definition) is 0. The van der Waals surface area contributed by atoms with E-state index in [0.717, 1.165) is 31.9 Å². The highest BCUT2D eigenvalue weighted by molar-refractivity contribution is 5.44. The highest BCUT2D eigenvalue weighted by Crippen LogP contribution is 2.19. The van der Waals surface area contributed by atoms with Gasteiger partial charge >= 0.3 is 0 Å². The van der Waals surface area contributed by atoms with E-state index in [1.807, 2.05) is 24.4 Å². The first-order valence-corrected chi connectivity index (χ1v) is 7.24. The molecule has 1 unspecified atom stereocenters. The minimum absolute atomic E-state index is 0.215. The van der Waals surface area contributed by atoms with Crippen LogP contribution in [0, 0.1) is 0 Å². The topological polar surface area (TPSA) is 34.6 Å². The maximum absolute atomic E-state index is 5.90. The summed E-state index contributed by atoms with van der Waals surface area (Å²) in [6.07, 6.45) is 4.85. The molecule has 0 spiro atoms. The Balaban J connectivity index is 1.63. The maximum atomic E-state index is 5.90. The lowest BCUT2D eigenvalue weighted by atomic mass is 10.1. The summed E-state index contributed by atoms with van der Waals surface area (Å²) in [5.41, 5.74) is 2.44. The number of aromatic nitrogens is 1. The second kappa shape index (κ2) is 6.59. The van der Waals surface area contributed by atoms with Crippen molar-refractivity contribution >= 4 is 5.69 Å². The van der Waals surface area contributed by atoms with Crippen LogP contribution in [0.4, 0.5) is 5.69 Å². The summed E-state index contributed by atoms with van der Waals surface area (Å²) in [5, 5.41) is 0. The van der Waals surface area contributed by atoms with Crippen molar-refractivity contribution in [3.05, 3.63) is 54.4 Å². The van der Waals surface area contributed by atoms with Crippen molar-refractivity contribution in [1.29, 1.82) is 0 Å². The highest BCUT2D eigenvalue weighted by atomic mass is 16.5. The Labute approximate surface area is 125 Å². The average Bonchev–Trinajstić information content (AvgIpc) is 2.57. The number of morpholine rings is 1. The molecule has 1 aromatic heterocycles. The summed E-state index contributed by atoms with van der Waals surface area (Å²) >= 11 is 0. The SMILES string of the molecule is COc1ccc(CC2CN(c3cccnc3)CCO2)cc1. The van der Waals surface area contributed by atoms with Crippen LogP contribution in [0.5, 0.6) is 5.75 Å². The summed E-state index contributed by atoms with van der Waals surface area (Å²) in [6, 6.07) is 12.3. The first-order chi connectivity index (χ1) is 10.3. The van der Waals surface area contributed by atoms with Gasteiger partial charge in [-0.25, -0.2) is 0 Å². The number of pyridine rings is 1. The summed E-state index contributed by atoms with van der Waals surface area (Å²) < 4.78 is 11.1. The fourth-order valence-corrected chi connectivity index (χ4v) is 2.64. The monoisotopic (exact) mass is 284 g/mol. The lowest BCUT2D eigenvalue weighted by Crippen LogP contribution is -2.43. The number of nitrogens with zero attached hydrogens (tertiary/aromatic N) is 2. The van der Waals surface area contributed by atoms with Gasteiger partial charge in [-0.3, -0.25) is 4.98 Å². The summed E-state index contributed by atoms with van der Waals surface area (Å²) in [7, 11) is 1.69. The van der Waals surface area contributed by atoms with E-state index >= 15 is 0 Å². The zero-order chi connectivity index (χ0) is 14.5. The van der Waals surface area contributed by atoms with Gasteiger partial charge in [0.25, 0.3) is 0 Å². The second-order valence-electron chi connectivity index (χ2n) is 5.20. The molecule has 2 aromatic rings. The van der Waals surface area contributed by atoms with Gasteiger partial charge in [0.05, 0.1) is 31.7 Å². The molecule has 1 aromatic carbocycles. The molecule has 0 aliphatic carbocycles. The quantitative estimate of drug-likeness (QED) is 0.864. The second-order valence-corrected chi connectivity index (χ2v) is 5.20. The summed E-state index contributed by atoms with van der Waals surface area (Å²) in [4.78, 5) is 6.53. The normalized spacial score (nSPS) is 18.5. The molecule has 0 saturated carbocycles. The largest absolute Gasteiger partial charge is 0.497 e.